The van der Waals surface area contributed by atoms with Gasteiger partial charge in [0.25, 0.3) is 0 Å². The van der Waals surface area contributed by atoms with Crippen molar-refractivity contribution >= 4 is 5.69 Å². The Balaban J connectivity index is 2.24. The first-order chi connectivity index (χ1) is 8.27. The molecule has 0 radical (unpaired) electrons. The summed E-state index contributed by atoms with van der Waals surface area (Å²) >= 11 is 0. The van der Waals surface area contributed by atoms with Crippen LogP contribution in [0, 0.1) is 0 Å². The minimum Gasteiger partial charge on any atom is -0.384 e. The number of hydrogen-bond donors (Lipinski definition) is 1. The van der Waals surface area contributed by atoms with Crippen molar-refractivity contribution in [3.8, 4) is 11.3 Å². The standard InChI is InChI=1S/C14H16N2O/c1-9(2)11-4-3-5-12-13(11)15-7-6-10-8-16-17-14(10)12/h3-5,8-9,15H,6-7H2,1-2H3. The molecule has 0 bridgehead atoms. The Morgan fingerprint density at radius 2 is 2.24 bits per heavy atom. The maximum atomic E-state index is 5.41. The fourth-order valence-corrected chi connectivity index (χ4v) is 2.42. The van der Waals surface area contributed by atoms with Crippen LogP contribution in [-0.4, -0.2) is 11.7 Å². The number of nitrogens with one attached hydrogen (secondary N) is 1. The first kappa shape index (κ1) is 10.4. The molecule has 0 unspecified atom stereocenters. The van der Waals surface area contributed by atoms with Crippen LogP contribution in [0.2, 0.25) is 0 Å². The number of aromatic nitrogens is 1. The van der Waals surface area contributed by atoms with Crippen LogP contribution in [0.15, 0.2) is 28.9 Å². The van der Waals surface area contributed by atoms with E-state index in [-0.39, 0.29) is 0 Å². The van der Waals surface area contributed by atoms with E-state index >= 15 is 0 Å². The van der Waals surface area contributed by atoms with E-state index in [9.17, 15) is 0 Å². The Kier molecular flexibility index (Phi) is 2.39. The second-order valence-corrected chi connectivity index (χ2v) is 4.78. The molecule has 2 aromatic rings. The summed E-state index contributed by atoms with van der Waals surface area (Å²) in [5.41, 5.74) is 4.88. The molecule has 1 N–H and O–H groups in total. The van der Waals surface area contributed by atoms with Crippen LogP contribution in [0.25, 0.3) is 11.3 Å². The van der Waals surface area contributed by atoms with Gasteiger partial charge in [0, 0.05) is 23.4 Å². The van der Waals surface area contributed by atoms with Crippen molar-refractivity contribution in [3.63, 3.8) is 0 Å². The van der Waals surface area contributed by atoms with Crippen molar-refractivity contribution in [1.82, 2.24) is 5.16 Å². The van der Waals surface area contributed by atoms with Crippen molar-refractivity contribution in [2.24, 2.45) is 0 Å². The minimum atomic E-state index is 0.502. The highest BCUT2D eigenvalue weighted by molar-refractivity contribution is 5.80. The van der Waals surface area contributed by atoms with Gasteiger partial charge in [-0.1, -0.05) is 31.1 Å². The van der Waals surface area contributed by atoms with Crippen LogP contribution in [-0.2, 0) is 6.42 Å². The Hall–Kier alpha value is -1.77. The Morgan fingerprint density at radius 1 is 1.35 bits per heavy atom. The van der Waals surface area contributed by atoms with E-state index in [4.69, 9.17) is 4.52 Å². The van der Waals surface area contributed by atoms with Gasteiger partial charge in [-0.05, 0) is 24.0 Å². The van der Waals surface area contributed by atoms with Crippen molar-refractivity contribution in [2.75, 3.05) is 11.9 Å². The molecule has 2 heterocycles. The highest BCUT2D eigenvalue weighted by Gasteiger charge is 2.20. The number of para-hydroxylation sites is 1. The molecule has 3 rings (SSSR count). The number of nitrogens with zero attached hydrogens (tertiary/aromatic N) is 1. The average Bonchev–Trinajstić information content (AvgIpc) is 2.70. The molecular weight excluding hydrogens is 212 g/mol. The van der Waals surface area contributed by atoms with Crippen LogP contribution < -0.4 is 5.32 Å². The monoisotopic (exact) mass is 228 g/mol. The van der Waals surface area contributed by atoms with Crippen LogP contribution in [0.3, 0.4) is 0 Å². The molecule has 0 fully saturated rings. The largest absolute Gasteiger partial charge is 0.384 e. The molecule has 0 saturated heterocycles. The third kappa shape index (κ3) is 1.62. The summed E-state index contributed by atoms with van der Waals surface area (Å²) in [7, 11) is 0. The second kappa shape index (κ2) is 3.91. The molecule has 88 valence electrons. The van der Waals surface area contributed by atoms with Crippen molar-refractivity contribution in [2.45, 2.75) is 26.2 Å². The summed E-state index contributed by atoms with van der Waals surface area (Å²) in [6.07, 6.45) is 2.79. The number of hydrogen-bond acceptors (Lipinski definition) is 3. The van der Waals surface area contributed by atoms with Gasteiger partial charge >= 0.3 is 0 Å². The maximum absolute atomic E-state index is 5.41. The summed E-state index contributed by atoms with van der Waals surface area (Å²) in [5, 5.41) is 7.44. The molecule has 1 aromatic carbocycles. The van der Waals surface area contributed by atoms with E-state index in [0.29, 0.717) is 5.92 Å². The molecule has 0 amide bonds. The Labute approximate surface area is 101 Å². The highest BCUT2D eigenvalue weighted by atomic mass is 16.5. The molecule has 0 saturated carbocycles. The topological polar surface area (TPSA) is 38.1 Å². The van der Waals surface area contributed by atoms with Gasteiger partial charge < -0.3 is 9.84 Å². The van der Waals surface area contributed by atoms with E-state index in [1.807, 2.05) is 6.20 Å². The van der Waals surface area contributed by atoms with Gasteiger partial charge in [-0.2, -0.15) is 0 Å². The zero-order valence-corrected chi connectivity index (χ0v) is 10.2. The molecule has 1 aromatic heterocycles. The molecule has 0 atom stereocenters. The van der Waals surface area contributed by atoms with Crippen molar-refractivity contribution in [1.29, 1.82) is 0 Å². The second-order valence-electron chi connectivity index (χ2n) is 4.78. The van der Waals surface area contributed by atoms with Crippen LogP contribution in [0.1, 0.15) is 30.9 Å². The fraction of sp³-hybridized carbons (Fsp3) is 0.357. The van der Waals surface area contributed by atoms with Gasteiger partial charge in [-0.25, -0.2) is 0 Å². The molecule has 1 aliphatic heterocycles. The van der Waals surface area contributed by atoms with Crippen LogP contribution in [0.5, 0.6) is 0 Å². The number of benzene rings is 1. The minimum absolute atomic E-state index is 0.502. The van der Waals surface area contributed by atoms with E-state index < -0.39 is 0 Å². The molecule has 0 aliphatic carbocycles. The maximum Gasteiger partial charge on any atom is 0.172 e. The summed E-state index contributed by atoms with van der Waals surface area (Å²) in [5.74, 6) is 1.43. The van der Waals surface area contributed by atoms with Gasteiger partial charge in [0.2, 0.25) is 0 Å². The summed E-state index contributed by atoms with van der Waals surface area (Å²) in [4.78, 5) is 0. The summed E-state index contributed by atoms with van der Waals surface area (Å²) in [6, 6.07) is 6.37. The lowest BCUT2D eigenvalue weighted by Crippen LogP contribution is -2.05. The molecular formula is C14H16N2O. The lowest BCUT2D eigenvalue weighted by Gasteiger charge is -2.15. The molecule has 1 aliphatic rings. The van der Waals surface area contributed by atoms with E-state index in [0.717, 1.165) is 24.3 Å². The number of anilines is 1. The first-order valence-electron chi connectivity index (χ1n) is 6.08. The first-order valence-corrected chi connectivity index (χ1v) is 6.08. The summed E-state index contributed by atoms with van der Waals surface area (Å²) in [6.45, 7) is 5.36. The van der Waals surface area contributed by atoms with Gasteiger partial charge in [0.05, 0.1) is 6.20 Å². The zero-order valence-electron chi connectivity index (χ0n) is 10.2. The third-order valence-electron chi connectivity index (χ3n) is 3.30. The smallest absolute Gasteiger partial charge is 0.172 e. The van der Waals surface area contributed by atoms with E-state index in [1.165, 1.54) is 16.8 Å². The molecule has 3 heteroatoms. The normalized spacial score (nSPS) is 13.8. The highest BCUT2D eigenvalue weighted by Crippen LogP contribution is 2.38. The van der Waals surface area contributed by atoms with Gasteiger partial charge in [0.1, 0.15) is 0 Å². The van der Waals surface area contributed by atoms with Gasteiger partial charge in [0.15, 0.2) is 5.76 Å². The van der Waals surface area contributed by atoms with Crippen molar-refractivity contribution < 1.29 is 4.52 Å². The SMILES string of the molecule is CC(C)c1cccc2c1NCCc1cnoc1-2. The van der Waals surface area contributed by atoms with Gasteiger partial charge in [-0.15, -0.1) is 0 Å². The quantitative estimate of drug-likeness (QED) is 0.812. The summed E-state index contributed by atoms with van der Waals surface area (Å²) < 4.78 is 5.41. The van der Waals surface area contributed by atoms with Crippen LogP contribution >= 0.6 is 0 Å². The average molecular weight is 228 g/mol. The van der Waals surface area contributed by atoms with Crippen LogP contribution in [0.4, 0.5) is 5.69 Å². The lowest BCUT2D eigenvalue weighted by atomic mass is 9.96. The molecule has 3 nitrogen and oxygen atoms in total. The predicted molar refractivity (Wildman–Crippen MR) is 68.2 cm³/mol. The predicted octanol–water partition coefficient (Wildman–Crippen LogP) is 3.43. The fourth-order valence-electron chi connectivity index (χ4n) is 2.42. The van der Waals surface area contributed by atoms with Gasteiger partial charge in [-0.3, -0.25) is 0 Å². The zero-order chi connectivity index (χ0) is 11.8. The van der Waals surface area contributed by atoms with E-state index in [2.05, 4.69) is 42.5 Å². The number of fused-ring (bicyclic) bond motifs is 3. The molecule has 0 spiro atoms. The van der Waals surface area contributed by atoms with E-state index in [1.54, 1.807) is 0 Å². The number of rotatable bonds is 1. The Morgan fingerprint density at radius 3 is 3.06 bits per heavy atom. The Bertz CT molecular complexity index is 543. The molecule has 17 heavy (non-hydrogen) atoms. The third-order valence-corrected chi connectivity index (χ3v) is 3.30. The lowest BCUT2D eigenvalue weighted by molar-refractivity contribution is 0.432. The van der Waals surface area contributed by atoms with Crippen molar-refractivity contribution in [3.05, 3.63) is 35.5 Å².